The molecule has 0 fully saturated rings. The van der Waals surface area contributed by atoms with E-state index in [0.29, 0.717) is 13.0 Å². The van der Waals surface area contributed by atoms with Crippen molar-refractivity contribution < 1.29 is 0 Å². The smallest absolute Gasteiger partial charge is 0.241 e. The van der Waals surface area contributed by atoms with Gasteiger partial charge in [-0.05, 0) is 25.5 Å². The first kappa shape index (κ1) is 10.2. The second kappa shape index (κ2) is 4.39. The topological polar surface area (TPSA) is 41.0 Å². The fourth-order valence-electron chi connectivity index (χ4n) is 1.32. The molecule has 0 saturated carbocycles. The summed E-state index contributed by atoms with van der Waals surface area (Å²) in [6, 6.07) is 4.01. The molecule has 1 rings (SSSR count). The number of pyridine rings is 1. The van der Waals surface area contributed by atoms with Crippen LogP contribution in [0.15, 0.2) is 6.07 Å². The lowest BCUT2D eigenvalue weighted by Crippen LogP contribution is -1.98. The molecule has 0 saturated heterocycles. The van der Waals surface area contributed by atoms with Crippen molar-refractivity contribution in [1.29, 1.82) is 5.26 Å². The highest BCUT2D eigenvalue weighted by atomic mass is 14.7. The summed E-state index contributed by atoms with van der Waals surface area (Å²) in [5.41, 5.74) is 3.63. The van der Waals surface area contributed by atoms with E-state index >= 15 is 0 Å². The standard InChI is InChI=1S/C11H11N3/c1-8-10(4-5-12)6-11(7-13-3)9(2)14-8/h6H,4,7H2,1-2H3. The van der Waals surface area contributed by atoms with E-state index in [4.69, 9.17) is 11.8 Å². The van der Waals surface area contributed by atoms with E-state index in [1.54, 1.807) is 0 Å². The molecular weight excluding hydrogens is 174 g/mol. The van der Waals surface area contributed by atoms with E-state index in [0.717, 1.165) is 22.5 Å². The molecule has 0 aromatic carbocycles. The zero-order chi connectivity index (χ0) is 10.6. The Bertz CT molecular complexity index is 384. The summed E-state index contributed by atoms with van der Waals surface area (Å²) in [7, 11) is 0. The Morgan fingerprint density at radius 2 is 2.07 bits per heavy atom. The van der Waals surface area contributed by atoms with E-state index in [9.17, 15) is 0 Å². The number of aromatic nitrogens is 1. The van der Waals surface area contributed by atoms with Crippen LogP contribution in [-0.2, 0) is 13.0 Å². The summed E-state index contributed by atoms with van der Waals surface area (Å²) < 4.78 is 0. The summed E-state index contributed by atoms with van der Waals surface area (Å²) >= 11 is 0. The quantitative estimate of drug-likeness (QED) is 0.662. The normalized spacial score (nSPS) is 9.14. The largest absolute Gasteiger partial charge is 0.312 e. The van der Waals surface area contributed by atoms with Gasteiger partial charge in [0.15, 0.2) is 0 Å². The lowest BCUT2D eigenvalue weighted by Gasteiger charge is -2.05. The highest BCUT2D eigenvalue weighted by Crippen LogP contribution is 2.13. The Hall–Kier alpha value is -1.87. The van der Waals surface area contributed by atoms with Crippen LogP contribution in [0.3, 0.4) is 0 Å². The Kier molecular flexibility index (Phi) is 3.20. The van der Waals surface area contributed by atoms with Crippen LogP contribution in [0.2, 0.25) is 0 Å². The molecule has 14 heavy (non-hydrogen) atoms. The fraction of sp³-hybridized carbons (Fsp3) is 0.364. The number of nitriles is 1. The highest BCUT2D eigenvalue weighted by Gasteiger charge is 2.07. The summed E-state index contributed by atoms with van der Waals surface area (Å²) in [6.45, 7) is 10.9. The maximum absolute atomic E-state index is 8.60. The third-order valence-electron chi connectivity index (χ3n) is 2.13. The molecular formula is C11H11N3. The van der Waals surface area contributed by atoms with Crippen molar-refractivity contribution in [3.63, 3.8) is 0 Å². The van der Waals surface area contributed by atoms with Gasteiger partial charge in [0.2, 0.25) is 6.54 Å². The minimum atomic E-state index is 0.345. The minimum absolute atomic E-state index is 0.345. The third kappa shape index (κ3) is 2.08. The van der Waals surface area contributed by atoms with Gasteiger partial charge in [0, 0.05) is 11.4 Å². The molecule has 0 aliphatic carbocycles. The molecule has 0 atom stereocenters. The molecule has 0 aliphatic heterocycles. The van der Waals surface area contributed by atoms with E-state index < -0.39 is 0 Å². The number of rotatable bonds is 2. The second-order valence-corrected chi connectivity index (χ2v) is 3.13. The average molecular weight is 185 g/mol. The van der Waals surface area contributed by atoms with Gasteiger partial charge in [-0.2, -0.15) is 5.26 Å². The molecule has 3 nitrogen and oxygen atoms in total. The second-order valence-electron chi connectivity index (χ2n) is 3.13. The molecule has 0 spiro atoms. The van der Waals surface area contributed by atoms with Gasteiger partial charge < -0.3 is 4.85 Å². The highest BCUT2D eigenvalue weighted by molar-refractivity contribution is 5.32. The van der Waals surface area contributed by atoms with Crippen LogP contribution < -0.4 is 0 Å². The van der Waals surface area contributed by atoms with Gasteiger partial charge in [-0.1, -0.05) is 0 Å². The van der Waals surface area contributed by atoms with Crippen LogP contribution >= 0.6 is 0 Å². The Labute approximate surface area is 83.8 Å². The molecule has 1 aromatic rings. The van der Waals surface area contributed by atoms with Crippen molar-refractivity contribution in [2.45, 2.75) is 26.8 Å². The molecule has 70 valence electrons. The summed E-state index contributed by atoms with van der Waals surface area (Å²) in [5.74, 6) is 0. The summed E-state index contributed by atoms with van der Waals surface area (Å²) in [5, 5.41) is 8.60. The van der Waals surface area contributed by atoms with Crippen LogP contribution in [-0.4, -0.2) is 4.98 Å². The Balaban J connectivity index is 3.16. The van der Waals surface area contributed by atoms with Gasteiger partial charge in [0.25, 0.3) is 0 Å². The monoisotopic (exact) mass is 185 g/mol. The zero-order valence-electron chi connectivity index (χ0n) is 8.33. The number of hydrogen-bond donors (Lipinski definition) is 0. The first-order chi connectivity index (χ1) is 6.69. The van der Waals surface area contributed by atoms with E-state index in [1.807, 2.05) is 19.9 Å². The van der Waals surface area contributed by atoms with Crippen molar-refractivity contribution in [2.24, 2.45) is 0 Å². The van der Waals surface area contributed by atoms with Gasteiger partial charge in [0.05, 0.1) is 18.1 Å². The first-order valence-corrected chi connectivity index (χ1v) is 4.35. The van der Waals surface area contributed by atoms with Gasteiger partial charge >= 0.3 is 0 Å². The number of aryl methyl sites for hydroxylation is 2. The van der Waals surface area contributed by atoms with Crippen LogP contribution in [0, 0.1) is 31.8 Å². The van der Waals surface area contributed by atoms with Gasteiger partial charge in [-0.3, -0.25) is 4.98 Å². The predicted octanol–water partition coefficient (Wildman–Crippen LogP) is 2.18. The van der Waals surface area contributed by atoms with E-state index in [-0.39, 0.29) is 0 Å². The van der Waals surface area contributed by atoms with Gasteiger partial charge in [0.1, 0.15) is 0 Å². The average Bonchev–Trinajstić information content (AvgIpc) is 2.14. The molecule has 0 aliphatic rings. The summed E-state index contributed by atoms with van der Waals surface area (Å²) in [4.78, 5) is 7.64. The van der Waals surface area contributed by atoms with Crippen molar-refractivity contribution in [2.75, 3.05) is 0 Å². The van der Waals surface area contributed by atoms with Crippen molar-refractivity contribution in [1.82, 2.24) is 4.98 Å². The SMILES string of the molecule is [C-]#[N+]Cc1cc(CC#N)c(C)nc1C. The van der Waals surface area contributed by atoms with Gasteiger partial charge in [-0.25, -0.2) is 6.57 Å². The van der Waals surface area contributed by atoms with Crippen molar-refractivity contribution in [3.05, 3.63) is 40.0 Å². The fourth-order valence-corrected chi connectivity index (χ4v) is 1.32. The number of hydrogen-bond acceptors (Lipinski definition) is 2. The predicted molar refractivity (Wildman–Crippen MR) is 53.3 cm³/mol. The van der Waals surface area contributed by atoms with Crippen LogP contribution in [0.1, 0.15) is 22.5 Å². The maximum atomic E-state index is 8.60. The summed E-state index contributed by atoms with van der Waals surface area (Å²) in [6.07, 6.45) is 0.365. The molecule has 1 aromatic heterocycles. The minimum Gasteiger partial charge on any atom is -0.312 e. The van der Waals surface area contributed by atoms with E-state index in [2.05, 4.69) is 15.9 Å². The molecule has 0 radical (unpaired) electrons. The molecule has 0 bridgehead atoms. The number of nitrogens with zero attached hydrogens (tertiary/aromatic N) is 3. The van der Waals surface area contributed by atoms with E-state index in [1.165, 1.54) is 0 Å². The molecule has 0 unspecified atom stereocenters. The Morgan fingerprint density at radius 1 is 1.43 bits per heavy atom. The third-order valence-corrected chi connectivity index (χ3v) is 2.13. The Morgan fingerprint density at radius 3 is 2.64 bits per heavy atom. The molecule has 3 heteroatoms. The van der Waals surface area contributed by atoms with Crippen molar-refractivity contribution in [3.8, 4) is 6.07 Å². The lowest BCUT2D eigenvalue weighted by molar-refractivity contribution is 1.01. The van der Waals surface area contributed by atoms with Gasteiger partial charge in [-0.15, -0.1) is 0 Å². The van der Waals surface area contributed by atoms with Crippen LogP contribution in [0.4, 0.5) is 0 Å². The maximum Gasteiger partial charge on any atom is 0.241 e. The molecule has 0 N–H and O–H groups in total. The van der Waals surface area contributed by atoms with Crippen LogP contribution in [0.5, 0.6) is 0 Å². The van der Waals surface area contributed by atoms with Crippen LogP contribution in [0.25, 0.3) is 4.85 Å². The molecule has 1 heterocycles. The lowest BCUT2D eigenvalue weighted by atomic mass is 10.1. The molecule has 0 amide bonds. The van der Waals surface area contributed by atoms with Crippen molar-refractivity contribution >= 4 is 0 Å². The zero-order valence-corrected chi connectivity index (χ0v) is 8.33. The first-order valence-electron chi connectivity index (χ1n) is 4.35.